The molecule has 0 aliphatic carbocycles. The smallest absolute Gasteiger partial charge is 0.133 e. The number of aromatic nitrogens is 1. The van der Waals surface area contributed by atoms with Gasteiger partial charge in [0.25, 0.3) is 0 Å². The predicted molar refractivity (Wildman–Crippen MR) is 59.9 cm³/mol. The molecule has 1 aliphatic heterocycles. The minimum absolute atomic E-state index is 0.375. The lowest BCUT2D eigenvalue weighted by Gasteiger charge is -2.10. The van der Waals surface area contributed by atoms with Gasteiger partial charge in [0.05, 0.1) is 6.10 Å². The van der Waals surface area contributed by atoms with Crippen molar-refractivity contribution in [3.8, 4) is 0 Å². The zero-order valence-corrected chi connectivity index (χ0v) is 9.33. The fourth-order valence-electron chi connectivity index (χ4n) is 1.72. The Morgan fingerprint density at radius 1 is 1.60 bits per heavy atom. The van der Waals surface area contributed by atoms with Crippen LogP contribution < -0.4 is 5.32 Å². The predicted octanol–water partition coefficient (Wildman–Crippen LogP) is 2.00. The van der Waals surface area contributed by atoms with Crippen molar-refractivity contribution in [2.24, 2.45) is 0 Å². The minimum atomic E-state index is 0.375. The van der Waals surface area contributed by atoms with Gasteiger partial charge in [-0.1, -0.05) is 17.7 Å². The van der Waals surface area contributed by atoms with Gasteiger partial charge in [0, 0.05) is 31.5 Å². The Labute approximate surface area is 94.8 Å². The summed E-state index contributed by atoms with van der Waals surface area (Å²) < 4.78 is 5.51. The third kappa shape index (κ3) is 3.16. The molecule has 0 aromatic carbocycles. The Morgan fingerprint density at radius 3 is 3.27 bits per heavy atom. The Bertz CT molecular complexity index is 313. The zero-order chi connectivity index (χ0) is 10.5. The third-order valence-corrected chi connectivity index (χ3v) is 2.89. The molecule has 2 heterocycles. The molecule has 82 valence electrons. The third-order valence-electron chi connectivity index (χ3n) is 2.55. The van der Waals surface area contributed by atoms with Crippen molar-refractivity contribution in [3.05, 3.63) is 29.0 Å². The summed E-state index contributed by atoms with van der Waals surface area (Å²) in [6, 6.07) is 3.88. The second kappa shape index (κ2) is 5.45. The average molecular weight is 227 g/mol. The standard InChI is InChI=1S/C11H15ClN2O/c12-11-9(3-1-5-14-11)7-13-8-10-4-2-6-15-10/h1,3,5,10,13H,2,4,6-8H2. The number of halogens is 1. The number of hydrogen-bond acceptors (Lipinski definition) is 3. The van der Waals surface area contributed by atoms with Gasteiger partial charge in [-0.2, -0.15) is 0 Å². The van der Waals surface area contributed by atoms with Crippen molar-refractivity contribution in [3.63, 3.8) is 0 Å². The van der Waals surface area contributed by atoms with Gasteiger partial charge in [0.15, 0.2) is 0 Å². The van der Waals surface area contributed by atoms with Crippen LogP contribution in [0.2, 0.25) is 5.15 Å². The summed E-state index contributed by atoms with van der Waals surface area (Å²) in [5, 5.41) is 3.92. The first-order chi connectivity index (χ1) is 7.36. The van der Waals surface area contributed by atoms with E-state index in [2.05, 4.69) is 10.3 Å². The van der Waals surface area contributed by atoms with Crippen LogP contribution >= 0.6 is 11.6 Å². The first-order valence-corrected chi connectivity index (χ1v) is 5.66. The van der Waals surface area contributed by atoms with Gasteiger partial charge < -0.3 is 10.1 Å². The SMILES string of the molecule is Clc1ncccc1CNCC1CCCO1. The van der Waals surface area contributed by atoms with Crippen LogP contribution in [0.5, 0.6) is 0 Å². The molecule has 1 aromatic rings. The molecule has 0 radical (unpaired) electrons. The molecule has 1 aliphatic rings. The number of nitrogens with zero attached hydrogens (tertiary/aromatic N) is 1. The highest BCUT2D eigenvalue weighted by Crippen LogP contribution is 2.13. The summed E-state index contributed by atoms with van der Waals surface area (Å²) in [6.45, 7) is 2.55. The van der Waals surface area contributed by atoms with Crippen LogP contribution in [0.1, 0.15) is 18.4 Å². The number of hydrogen-bond donors (Lipinski definition) is 1. The summed E-state index contributed by atoms with van der Waals surface area (Å²) in [5.41, 5.74) is 1.04. The second-order valence-electron chi connectivity index (χ2n) is 3.72. The van der Waals surface area contributed by atoms with E-state index in [1.165, 1.54) is 6.42 Å². The molecule has 1 atom stereocenters. The average Bonchev–Trinajstić information content (AvgIpc) is 2.74. The van der Waals surface area contributed by atoms with Crippen molar-refractivity contribution in [1.82, 2.24) is 10.3 Å². The topological polar surface area (TPSA) is 34.2 Å². The normalized spacial score (nSPS) is 20.7. The molecule has 1 N–H and O–H groups in total. The van der Waals surface area contributed by atoms with Gasteiger partial charge >= 0.3 is 0 Å². The first-order valence-electron chi connectivity index (χ1n) is 5.28. The van der Waals surface area contributed by atoms with Crippen LogP contribution in [0.25, 0.3) is 0 Å². The molecule has 1 unspecified atom stereocenters. The summed E-state index contributed by atoms with van der Waals surface area (Å²) in [7, 11) is 0. The van der Waals surface area contributed by atoms with Gasteiger partial charge in [0.1, 0.15) is 5.15 Å². The van der Waals surface area contributed by atoms with Gasteiger partial charge in [-0.05, 0) is 18.9 Å². The molecule has 0 amide bonds. The van der Waals surface area contributed by atoms with Gasteiger partial charge in [0.2, 0.25) is 0 Å². The maximum atomic E-state index is 5.94. The van der Waals surface area contributed by atoms with E-state index in [-0.39, 0.29) is 0 Å². The number of rotatable bonds is 4. The van der Waals surface area contributed by atoms with Crippen molar-refractivity contribution in [2.75, 3.05) is 13.2 Å². The summed E-state index contributed by atoms with van der Waals surface area (Å²) in [6.07, 6.45) is 4.42. The molecule has 0 bridgehead atoms. The molecule has 1 fully saturated rings. The second-order valence-corrected chi connectivity index (χ2v) is 4.08. The summed E-state index contributed by atoms with van der Waals surface area (Å²) >= 11 is 5.94. The van der Waals surface area contributed by atoms with Gasteiger partial charge in [-0.25, -0.2) is 4.98 Å². The highest BCUT2D eigenvalue weighted by Gasteiger charge is 2.14. The van der Waals surface area contributed by atoms with Crippen molar-refractivity contribution < 1.29 is 4.74 Å². The highest BCUT2D eigenvalue weighted by atomic mass is 35.5. The maximum Gasteiger partial charge on any atom is 0.133 e. The monoisotopic (exact) mass is 226 g/mol. The van der Waals surface area contributed by atoms with E-state index in [9.17, 15) is 0 Å². The van der Waals surface area contributed by atoms with Crippen LogP contribution in [0.3, 0.4) is 0 Å². The fraction of sp³-hybridized carbons (Fsp3) is 0.545. The van der Waals surface area contributed by atoms with Gasteiger partial charge in [-0.3, -0.25) is 0 Å². The highest BCUT2D eigenvalue weighted by molar-refractivity contribution is 6.30. The molecule has 3 nitrogen and oxygen atoms in total. The quantitative estimate of drug-likeness (QED) is 0.798. The molecule has 15 heavy (non-hydrogen) atoms. The molecular weight excluding hydrogens is 212 g/mol. The van der Waals surface area contributed by atoms with E-state index in [0.717, 1.165) is 31.7 Å². The zero-order valence-electron chi connectivity index (χ0n) is 8.58. The fourth-order valence-corrected chi connectivity index (χ4v) is 1.91. The molecule has 0 spiro atoms. The molecule has 0 saturated carbocycles. The van der Waals surface area contributed by atoms with E-state index in [1.807, 2.05) is 12.1 Å². The number of ether oxygens (including phenoxy) is 1. The van der Waals surface area contributed by atoms with Crippen LogP contribution in [0.4, 0.5) is 0 Å². The van der Waals surface area contributed by atoms with E-state index in [4.69, 9.17) is 16.3 Å². The van der Waals surface area contributed by atoms with E-state index in [0.29, 0.717) is 11.3 Å². The molecule has 2 rings (SSSR count). The van der Waals surface area contributed by atoms with E-state index >= 15 is 0 Å². The van der Waals surface area contributed by atoms with E-state index < -0.39 is 0 Å². The molecule has 1 saturated heterocycles. The number of pyridine rings is 1. The van der Waals surface area contributed by atoms with Gasteiger partial charge in [-0.15, -0.1) is 0 Å². The van der Waals surface area contributed by atoms with Crippen molar-refractivity contribution >= 4 is 11.6 Å². The van der Waals surface area contributed by atoms with Crippen LogP contribution in [-0.4, -0.2) is 24.2 Å². The Hall–Kier alpha value is -0.640. The lowest BCUT2D eigenvalue weighted by atomic mass is 10.2. The lowest BCUT2D eigenvalue weighted by molar-refractivity contribution is 0.110. The molecular formula is C11H15ClN2O. The molecule has 1 aromatic heterocycles. The minimum Gasteiger partial charge on any atom is -0.377 e. The van der Waals surface area contributed by atoms with Crippen LogP contribution in [-0.2, 0) is 11.3 Å². The Balaban J connectivity index is 1.75. The largest absolute Gasteiger partial charge is 0.377 e. The summed E-state index contributed by atoms with van der Waals surface area (Å²) in [4.78, 5) is 4.02. The first kappa shape index (κ1) is 10.9. The van der Waals surface area contributed by atoms with Crippen LogP contribution in [0.15, 0.2) is 18.3 Å². The number of nitrogens with one attached hydrogen (secondary N) is 1. The Morgan fingerprint density at radius 2 is 2.53 bits per heavy atom. The van der Waals surface area contributed by atoms with Crippen molar-refractivity contribution in [2.45, 2.75) is 25.5 Å². The Kier molecular flexibility index (Phi) is 3.94. The molecule has 4 heteroatoms. The van der Waals surface area contributed by atoms with Crippen LogP contribution in [0, 0.1) is 0 Å². The van der Waals surface area contributed by atoms with E-state index in [1.54, 1.807) is 6.20 Å². The van der Waals surface area contributed by atoms with Crippen molar-refractivity contribution in [1.29, 1.82) is 0 Å². The lowest BCUT2D eigenvalue weighted by Crippen LogP contribution is -2.25. The maximum absolute atomic E-state index is 5.94. The summed E-state index contributed by atoms with van der Waals surface area (Å²) in [5.74, 6) is 0.